The van der Waals surface area contributed by atoms with Crippen LogP contribution in [-0.4, -0.2) is 21.9 Å². The van der Waals surface area contributed by atoms with Gasteiger partial charge in [-0.05, 0) is 6.07 Å². The molecule has 0 spiro atoms. The van der Waals surface area contributed by atoms with Crippen molar-refractivity contribution < 1.29 is 14.1 Å². The van der Waals surface area contributed by atoms with Gasteiger partial charge in [0.1, 0.15) is 17.5 Å². The van der Waals surface area contributed by atoms with Crippen LogP contribution in [0.4, 0.5) is 15.9 Å². The molecule has 1 N–H and O–H groups in total. The standard InChI is InChI=1S/C13H13FN4O3/c1-3-11-16-12(15-2)7-13(17-11)21-10-6-8(14)4-5-9(10)18(19)20/h4-7H,3H2,1-2H3,(H,15,16,17). The molecule has 0 unspecified atom stereocenters. The summed E-state index contributed by atoms with van der Waals surface area (Å²) in [5.74, 6) is 0.295. The van der Waals surface area contributed by atoms with Crippen LogP contribution in [0.2, 0.25) is 0 Å². The Balaban J connectivity index is 2.42. The van der Waals surface area contributed by atoms with E-state index in [1.54, 1.807) is 7.05 Å². The summed E-state index contributed by atoms with van der Waals surface area (Å²) in [5, 5.41) is 13.8. The Kier molecular flexibility index (Phi) is 4.27. The molecule has 0 bridgehead atoms. The van der Waals surface area contributed by atoms with Crippen molar-refractivity contribution in [1.29, 1.82) is 0 Å². The Morgan fingerprint density at radius 1 is 1.38 bits per heavy atom. The van der Waals surface area contributed by atoms with Gasteiger partial charge >= 0.3 is 5.69 Å². The number of nitrogens with zero attached hydrogens (tertiary/aromatic N) is 3. The smallest absolute Gasteiger partial charge is 0.311 e. The summed E-state index contributed by atoms with van der Waals surface area (Å²) in [6.07, 6.45) is 0.567. The zero-order valence-corrected chi connectivity index (χ0v) is 11.5. The molecule has 7 nitrogen and oxygen atoms in total. The van der Waals surface area contributed by atoms with Gasteiger partial charge in [0.15, 0.2) is 0 Å². The van der Waals surface area contributed by atoms with Gasteiger partial charge in [0, 0.05) is 31.7 Å². The third-order valence-corrected chi connectivity index (χ3v) is 2.65. The first-order valence-electron chi connectivity index (χ1n) is 6.21. The second kappa shape index (κ2) is 6.12. The minimum absolute atomic E-state index is 0.111. The molecule has 0 amide bonds. The summed E-state index contributed by atoms with van der Waals surface area (Å²) in [7, 11) is 1.68. The van der Waals surface area contributed by atoms with Crippen molar-refractivity contribution in [2.24, 2.45) is 0 Å². The van der Waals surface area contributed by atoms with Crippen molar-refractivity contribution >= 4 is 11.5 Å². The van der Waals surface area contributed by atoms with E-state index in [-0.39, 0.29) is 17.3 Å². The third kappa shape index (κ3) is 3.41. The topological polar surface area (TPSA) is 90.2 Å². The van der Waals surface area contributed by atoms with Crippen molar-refractivity contribution in [3.63, 3.8) is 0 Å². The summed E-state index contributed by atoms with van der Waals surface area (Å²) < 4.78 is 18.6. The maximum atomic E-state index is 13.3. The molecule has 2 rings (SSSR count). The van der Waals surface area contributed by atoms with E-state index in [9.17, 15) is 14.5 Å². The molecule has 0 saturated heterocycles. The van der Waals surface area contributed by atoms with E-state index >= 15 is 0 Å². The van der Waals surface area contributed by atoms with Crippen LogP contribution >= 0.6 is 0 Å². The largest absolute Gasteiger partial charge is 0.431 e. The van der Waals surface area contributed by atoms with E-state index in [2.05, 4.69) is 15.3 Å². The molecule has 1 heterocycles. The number of anilines is 1. The number of hydrogen-bond acceptors (Lipinski definition) is 6. The van der Waals surface area contributed by atoms with Crippen molar-refractivity contribution in [2.75, 3.05) is 12.4 Å². The lowest BCUT2D eigenvalue weighted by molar-refractivity contribution is -0.385. The Hall–Kier alpha value is -2.77. The van der Waals surface area contributed by atoms with Crippen LogP contribution in [0.15, 0.2) is 24.3 Å². The first-order valence-corrected chi connectivity index (χ1v) is 6.21. The zero-order chi connectivity index (χ0) is 15.4. The second-order valence-corrected chi connectivity index (χ2v) is 4.08. The average molecular weight is 292 g/mol. The number of hydrogen-bond donors (Lipinski definition) is 1. The summed E-state index contributed by atoms with van der Waals surface area (Å²) in [6, 6.07) is 4.48. The van der Waals surface area contributed by atoms with E-state index < -0.39 is 10.7 Å². The molecule has 0 fully saturated rings. The molecule has 0 aliphatic rings. The molecule has 21 heavy (non-hydrogen) atoms. The van der Waals surface area contributed by atoms with Gasteiger partial charge in [0.25, 0.3) is 0 Å². The Bertz CT molecular complexity index is 656. The first kappa shape index (κ1) is 14.6. The number of ether oxygens (including phenoxy) is 1. The van der Waals surface area contributed by atoms with Gasteiger partial charge in [-0.1, -0.05) is 6.92 Å². The summed E-state index contributed by atoms with van der Waals surface area (Å²) >= 11 is 0. The fourth-order valence-electron chi connectivity index (χ4n) is 1.64. The number of rotatable bonds is 5. The Labute approximate surface area is 120 Å². The highest BCUT2D eigenvalue weighted by molar-refractivity contribution is 5.49. The lowest BCUT2D eigenvalue weighted by Crippen LogP contribution is -2.02. The maximum absolute atomic E-state index is 13.3. The quantitative estimate of drug-likeness (QED) is 0.673. The van der Waals surface area contributed by atoms with Crippen molar-refractivity contribution in [2.45, 2.75) is 13.3 Å². The van der Waals surface area contributed by atoms with Gasteiger partial charge in [0.05, 0.1) is 4.92 Å². The fraction of sp³-hybridized carbons (Fsp3) is 0.231. The number of aryl methyl sites for hydroxylation is 1. The average Bonchev–Trinajstić information content (AvgIpc) is 2.46. The van der Waals surface area contributed by atoms with Gasteiger partial charge in [0.2, 0.25) is 11.6 Å². The number of nitro benzene ring substituents is 1. The monoisotopic (exact) mass is 292 g/mol. The van der Waals surface area contributed by atoms with E-state index in [1.165, 1.54) is 6.07 Å². The van der Waals surface area contributed by atoms with Crippen molar-refractivity contribution in [3.05, 3.63) is 46.0 Å². The molecule has 0 atom stereocenters. The van der Waals surface area contributed by atoms with E-state index in [4.69, 9.17) is 4.74 Å². The normalized spacial score (nSPS) is 10.2. The van der Waals surface area contributed by atoms with Crippen molar-refractivity contribution in [1.82, 2.24) is 9.97 Å². The highest BCUT2D eigenvalue weighted by Gasteiger charge is 2.17. The lowest BCUT2D eigenvalue weighted by Gasteiger charge is -2.08. The molecule has 8 heteroatoms. The van der Waals surface area contributed by atoms with Crippen LogP contribution in [-0.2, 0) is 6.42 Å². The third-order valence-electron chi connectivity index (χ3n) is 2.65. The van der Waals surface area contributed by atoms with E-state index in [0.29, 0.717) is 18.1 Å². The number of halogens is 1. The van der Waals surface area contributed by atoms with Gasteiger partial charge in [-0.3, -0.25) is 10.1 Å². The van der Waals surface area contributed by atoms with E-state index in [0.717, 1.165) is 18.2 Å². The first-order chi connectivity index (χ1) is 10.0. The van der Waals surface area contributed by atoms with E-state index in [1.807, 2.05) is 6.92 Å². The molecule has 1 aromatic carbocycles. The molecular formula is C13H13FN4O3. The molecular weight excluding hydrogens is 279 g/mol. The van der Waals surface area contributed by atoms with Gasteiger partial charge in [-0.25, -0.2) is 9.37 Å². The second-order valence-electron chi connectivity index (χ2n) is 4.08. The molecule has 0 aliphatic carbocycles. The van der Waals surface area contributed by atoms with Crippen LogP contribution in [0, 0.1) is 15.9 Å². The fourth-order valence-corrected chi connectivity index (χ4v) is 1.64. The van der Waals surface area contributed by atoms with Gasteiger partial charge < -0.3 is 10.1 Å². The van der Waals surface area contributed by atoms with Gasteiger partial charge in [-0.2, -0.15) is 4.98 Å². The number of nitrogens with one attached hydrogen (secondary N) is 1. The number of aromatic nitrogens is 2. The summed E-state index contributed by atoms with van der Waals surface area (Å²) in [6.45, 7) is 1.86. The number of benzene rings is 1. The predicted octanol–water partition coefficient (Wildman–Crippen LogP) is 2.92. The molecule has 0 saturated carbocycles. The molecule has 110 valence electrons. The SMILES string of the molecule is CCc1nc(NC)cc(Oc2cc(F)ccc2[N+](=O)[O-])n1. The minimum Gasteiger partial charge on any atom is -0.431 e. The van der Waals surface area contributed by atoms with Crippen LogP contribution in [0.25, 0.3) is 0 Å². The maximum Gasteiger partial charge on any atom is 0.311 e. The molecule has 1 aromatic heterocycles. The minimum atomic E-state index is -0.643. The van der Waals surface area contributed by atoms with Crippen LogP contribution in [0.3, 0.4) is 0 Å². The van der Waals surface area contributed by atoms with Crippen LogP contribution in [0.5, 0.6) is 11.6 Å². The lowest BCUT2D eigenvalue weighted by atomic mass is 10.3. The highest BCUT2D eigenvalue weighted by atomic mass is 19.1. The van der Waals surface area contributed by atoms with Gasteiger partial charge in [-0.15, -0.1) is 0 Å². The summed E-state index contributed by atoms with van der Waals surface area (Å²) in [5.41, 5.74) is -0.334. The van der Waals surface area contributed by atoms with Crippen LogP contribution in [0.1, 0.15) is 12.7 Å². The van der Waals surface area contributed by atoms with Crippen molar-refractivity contribution in [3.8, 4) is 11.6 Å². The summed E-state index contributed by atoms with van der Waals surface area (Å²) in [4.78, 5) is 18.6. The molecule has 0 aliphatic heterocycles. The highest BCUT2D eigenvalue weighted by Crippen LogP contribution is 2.31. The number of nitro groups is 1. The molecule has 2 aromatic rings. The molecule has 0 radical (unpaired) electrons. The zero-order valence-electron chi connectivity index (χ0n) is 11.5. The van der Waals surface area contributed by atoms with Crippen LogP contribution < -0.4 is 10.1 Å². The Morgan fingerprint density at radius 3 is 2.76 bits per heavy atom. The predicted molar refractivity (Wildman–Crippen MR) is 74.1 cm³/mol. The Morgan fingerprint density at radius 2 is 2.14 bits per heavy atom.